The summed E-state index contributed by atoms with van der Waals surface area (Å²) in [6.07, 6.45) is 0. The molecule has 0 saturated heterocycles. The van der Waals surface area contributed by atoms with E-state index in [0.717, 1.165) is 11.1 Å². The van der Waals surface area contributed by atoms with E-state index in [9.17, 15) is 4.39 Å². The molecule has 2 aromatic rings. The second-order valence-corrected chi connectivity index (χ2v) is 5.57. The Kier molecular flexibility index (Phi) is 5.02. The molecular weight excluding hydrogens is 345 g/mol. The summed E-state index contributed by atoms with van der Waals surface area (Å²) < 4.78 is 19.5. The van der Waals surface area contributed by atoms with Gasteiger partial charge in [-0.1, -0.05) is 17.7 Å². The average molecular weight is 359 g/mol. The van der Waals surface area contributed by atoms with Crippen molar-refractivity contribution in [2.75, 3.05) is 14.2 Å². The molecule has 0 aliphatic heterocycles. The second kappa shape index (κ2) is 6.57. The van der Waals surface area contributed by atoms with E-state index < -0.39 is 0 Å². The molecule has 20 heavy (non-hydrogen) atoms. The number of hydrogen-bond donors (Lipinski definition) is 1. The van der Waals surface area contributed by atoms with E-state index in [1.54, 1.807) is 25.3 Å². The van der Waals surface area contributed by atoms with Crippen LogP contribution in [-0.2, 0) is 0 Å². The van der Waals surface area contributed by atoms with Gasteiger partial charge in [0.2, 0.25) is 0 Å². The molecule has 2 rings (SSSR count). The molecule has 0 amide bonds. The SMILES string of the molecule is CNC(c1ccc(Br)c(F)c1)c1cc(Cl)ccc1OC. The highest BCUT2D eigenvalue weighted by atomic mass is 79.9. The molecule has 0 heterocycles. The third kappa shape index (κ3) is 3.14. The molecule has 5 heteroatoms. The summed E-state index contributed by atoms with van der Waals surface area (Å²) in [5.74, 6) is 0.404. The van der Waals surface area contributed by atoms with E-state index >= 15 is 0 Å². The normalized spacial score (nSPS) is 12.2. The van der Waals surface area contributed by atoms with Gasteiger partial charge in [0, 0.05) is 10.6 Å². The van der Waals surface area contributed by atoms with Gasteiger partial charge in [-0.05, 0) is 58.9 Å². The van der Waals surface area contributed by atoms with Crippen LogP contribution in [0.15, 0.2) is 40.9 Å². The molecular formula is C15H14BrClFNO. The first kappa shape index (κ1) is 15.3. The maximum atomic E-state index is 13.7. The van der Waals surface area contributed by atoms with Gasteiger partial charge in [0.15, 0.2) is 0 Å². The van der Waals surface area contributed by atoms with Crippen LogP contribution in [0.1, 0.15) is 17.2 Å². The first-order valence-electron chi connectivity index (χ1n) is 6.02. The Bertz CT molecular complexity index is 621. The molecule has 1 atom stereocenters. The minimum atomic E-state index is -0.302. The predicted octanol–water partition coefficient (Wildman–Crippen LogP) is 4.56. The van der Waals surface area contributed by atoms with Gasteiger partial charge in [-0.25, -0.2) is 4.39 Å². The van der Waals surface area contributed by atoms with Crippen molar-refractivity contribution in [3.8, 4) is 5.75 Å². The number of hydrogen-bond acceptors (Lipinski definition) is 2. The Balaban J connectivity index is 2.51. The summed E-state index contributed by atoms with van der Waals surface area (Å²) >= 11 is 9.21. The number of rotatable bonds is 4. The molecule has 1 N–H and O–H groups in total. The highest BCUT2D eigenvalue weighted by Gasteiger charge is 2.18. The zero-order valence-electron chi connectivity index (χ0n) is 11.1. The van der Waals surface area contributed by atoms with E-state index in [1.165, 1.54) is 6.07 Å². The summed E-state index contributed by atoms with van der Waals surface area (Å²) in [5, 5.41) is 3.77. The first-order chi connectivity index (χ1) is 9.56. The van der Waals surface area contributed by atoms with E-state index in [2.05, 4.69) is 21.2 Å². The van der Waals surface area contributed by atoms with Gasteiger partial charge in [0.25, 0.3) is 0 Å². The van der Waals surface area contributed by atoms with Crippen molar-refractivity contribution < 1.29 is 9.13 Å². The van der Waals surface area contributed by atoms with Crippen LogP contribution >= 0.6 is 27.5 Å². The molecule has 0 aliphatic carbocycles. The van der Waals surface area contributed by atoms with Crippen LogP contribution < -0.4 is 10.1 Å². The Hall–Kier alpha value is -1.10. The van der Waals surface area contributed by atoms with Crippen molar-refractivity contribution >= 4 is 27.5 Å². The summed E-state index contributed by atoms with van der Waals surface area (Å²) in [6, 6.07) is 10.2. The lowest BCUT2D eigenvalue weighted by molar-refractivity contribution is 0.405. The van der Waals surface area contributed by atoms with Crippen LogP contribution in [0.25, 0.3) is 0 Å². The van der Waals surface area contributed by atoms with Gasteiger partial charge < -0.3 is 10.1 Å². The van der Waals surface area contributed by atoms with E-state index in [1.807, 2.05) is 19.2 Å². The molecule has 1 unspecified atom stereocenters. The number of ether oxygens (including phenoxy) is 1. The van der Waals surface area contributed by atoms with Crippen LogP contribution in [0.5, 0.6) is 5.75 Å². The van der Waals surface area contributed by atoms with Crippen LogP contribution in [-0.4, -0.2) is 14.2 Å². The van der Waals surface area contributed by atoms with Gasteiger partial charge in [-0.3, -0.25) is 0 Å². The topological polar surface area (TPSA) is 21.3 Å². The Labute approximate surface area is 131 Å². The van der Waals surface area contributed by atoms with Gasteiger partial charge >= 0.3 is 0 Å². The maximum Gasteiger partial charge on any atom is 0.137 e. The lowest BCUT2D eigenvalue weighted by Crippen LogP contribution is -2.18. The van der Waals surface area contributed by atoms with E-state index in [4.69, 9.17) is 16.3 Å². The van der Waals surface area contributed by atoms with Crippen molar-refractivity contribution in [3.05, 3.63) is 62.8 Å². The molecule has 0 bridgehead atoms. The van der Waals surface area contributed by atoms with Crippen molar-refractivity contribution in [1.29, 1.82) is 0 Å². The quantitative estimate of drug-likeness (QED) is 0.865. The van der Waals surface area contributed by atoms with Crippen molar-refractivity contribution in [3.63, 3.8) is 0 Å². The molecule has 2 aromatic carbocycles. The summed E-state index contributed by atoms with van der Waals surface area (Å²) in [4.78, 5) is 0. The zero-order chi connectivity index (χ0) is 14.7. The molecule has 0 aromatic heterocycles. The largest absolute Gasteiger partial charge is 0.496 e. The van der Waals surface area contributed by atoms with Gasteiger partial charge in [-0.2, -0.15) is 0 Å². The third-order valence-corrected chi connectivity index (χ3v) is 3.95. The minimum Gasteiger partial charge on any atom is -0.496 e. The molecule has 0 radical (unpaired) electrons. The third-order valence-electron chi connectivity index (χ3n) is 3.07. The van der Waals surface area contributed by atoms with Crippen LogP contribution in [0.2, 0.25) is 5.02 Å². The molecule has 106 valence electrons. The lowest BCUT2D eigenvalue weighted by Gasteiger charge is -2.20. The average Bonchev–Trinajstić information content (AvgIpc) is 2.44. The highest BCUT2D eigenvalue weighted by Crippen LogP contribution is 2.33. The van der Waals surface area contributed by atoms with Gasteiger partial charge in [0.05, 0.1) is 17.6 Å². The smallest absolute Gasteiger partial charge is 0.137 e. The Morgan fingerprint density at radius 2 is 2.00 bits per heavy atom. The lowest BCUT2D eigenvalue weighted by atomic mass is 9.98. The number of halogens is 3. The van der Waals surface area contributed by atoms with Gasteiger partial charge in [-0.15, -0.1) is 0 Å². The molecule has 0 saturated carbocycles. The fourth-order valence-corrected chi connectivity index (χ4v) is 2.55. The number of benzene rings is 2. The van der Waals surface area contributed by atoms with Crippen LogP contribution in [0.3, 0.4) is 0 Å². The minimum absolute atomic E-state index is 0.203. The first-order valence-corrected chi connectivity index (χ1v) is 7.19. The molecule has 0 fully saturated rings. The standard InChI is InChI=1S/C15H14BrClFNO/c1-19-15(9-3-5-12(16)13(18)7-9)11-8-10(17)4-6-14(11)20-2/h3-8,15,19H,1-2H3. The number of nitrogens with one attached hydrogen (secondary N) is 1. The summed E-state index contributed by atoms with van der Waals surface area (Å²) in [6.45, 7) is 0. The zero-order valence-corrected chi connectivity index (χ0v) is 13.4. The van der Waals surface area contributed by atoms with Crippen molar-refractivity contribution in [2.45, 2.75) is 6.04 Å². The fraction of sp³-hybridized carbons (Fsp3) is 0.200. The van der Waals surface area contributed by atoms with E-state index in [-0.39, 0.29) is 11.9 Å². The molecule has 0 aliphatic rings. The van der Waals surface area contributed by atoms with Crippen LogP contribution in [0.4, 0.5) is 4.39 Å². The number of methoxy groups -OCH3 is 1. The Morgan fingerprint density at radius 3 is 2.60 bits per heavy atom. The molecule has 0 spiro atoms. The predicted molar refractivity (Wildman–Crippen MR) is 83.0 cm³/mol. The second-order valence-electron chi connectivity index (χ2n) is 4.28. The highest BCUT2D eigenvalue weighted by molar-refractivity contribution is 9.10. The van der Waals surface area contributed by atoms with Crippen molar-refractivity contribution in [1.82, 2.24) is 5.32 Å². The maximum absolute atomic E-state index is 13.7. The monoisotopic (exact) mass is 357 g/mol. The summed E-state index contributed by atoms with van der Waals surface area (Å²) in [7, 11) is 3.41. The fourth-order valence-electron chi connectivity index (χ4n) is 2.12. The molecule has 2 nitrogen and oxygen atoms in total. The van der Waals surface area contributed by atoms with Gasteiger partial charge in [0.1, 0.15) is 11.6 Å². The van der Waals surface area contributed by atoms with Crippen molar-refractivity contribution in [2.24, 2.45) is 0 Å². The summed E-state index contributed by atoms with van der Waals surface area (Å²) in [5.41, 5.74) is 1.66. The van der Waals surface area contributed by atoms with Crippen LogP contribution in [0, 0.1) is 5.82 Å². The Morgan fingerprint density at radius 1 is 1.25 bits per heavy atom. The van der Waals surface area contributed by atoms with E-state index in [0.29, 0.717) is 15.2 Å².